The van der Waals surface area contributed by atoms with Gasteiger partial charge in [-0.15, -0.1) is 0 Å². The van der Waals surface area contributed by atoms with Crippen molar-refractivity contribution in [3.63, 3.8) is 0 Å². The molecule has 0 atom stereocenters. The highest BCUT2D eigenvalue weighted by Crippen LogP contribution is 2.29. The predicted molar refractivity (Wildman–Crippen MR) is 109 cm³/mol. The Morgan fingerprint density at radius 1 is 1.17 bits per heavy atom. The fraction of sp³-hybridized carbons (Fsp3) is 0.318. The van der Waals surface area contributed by atoms with Crippen LogP contribution in [-0.2, 0) is 6.54 Å². The van der Waals surface area contributed by atoms with Gasteiger partial charge in [0, 0.05) is 23.6 Å². The Kier molecular flexibility index (Phi) is 4.90. The summed E-state index contributed by atoms with van der Waals surface area (Å²) < 4.78 is 30.0. The molecular formula is C22H22F2N4O. The number of aryl methyl sites for hydroxylation is 1. The molecule has 0 aliphatic heterocycles. The zero-order chi connectivity index (χ0) is 20.7. The van der Waals surface area contributed by atoms with Gasteiger partial charge in [-0.2, -0.15) is 0 Å². The zero-order valence-electron chi connectivity index (χ0n) is 16.6. The third kappa shape index (κ3) is 3.20. The number of aromatic amines is 1. The fourth-order valence-electron chi connectivity index (χ4n) is 3.91. The molecule has 0 amide bonds. The Hall–Kier alpha value is -3.09. The second-order valence-electron chi connectivity index (χ2n) is 7.31. The Labute approximate surface area is 166 Å². The first kappa shape index (κ1) is 19.2. The van der Waals surface area contributed by atoms with Crippen molar-refractivity contribution in [3.05, 3.63) is 69.4 Å². The molecule has 0 unspecified atom stereocenters. The lowest BCUT2D eigenvalue weighted by Gasteiger charge is -2.16. The lowest BCUT2D eigenvalue weighted by molar-refractivity contribution is 0.515. The minimum absolute atomic E-state index is 0.120. The van der Waals surface area contributed by atoms with Crippen LogP contribution in [0.15, 0.2) is 35.3 Å². The quantitative estimate of drug-likeness (QED) is 0.526. The number of aromatic nitrogens is 4. The van der Waals surface area contributed by atoms with Crippen LogP contribution in [0.1, 0.15) is 49.6 Å². The highest BCUT2D eigenvalue weighted by atomic mass is 19.2. The Bertz CT molecular complexity index is 1270. The van der Waals surface area contributed by atoms with Gasteiger partial charge < -0.3 is 9.55 Å². The van der Waals surface area contributed by atoms with E-state index in [9.17, 15) is 13.6 Å². The van der Waals surface area contributed by atoms with Gasteiger partial charge in [-0.25, -0.2) is 18.7 Å². The molecule has 0 radical (unpaired) electrons. The van der Waals surface area contributed by atoms with Crippen LogP contribution in [0, 0.1) is 18.6 Å². The molecule has 3 heterocycles. The summed E-state index contributed by atoms with van der Waals surface area (Å²) in [5.41, 5.74) is 2.56. The predicted octanol–water partition coefficient (Wildman–Crippen LogP) is 4.81. The molecule has 1 N–H and O–H groups in total. The van der Waals surface area contributed by atoms with Crippen LogP contribution in [0.5, 0.6) is 0 Å². The Morgan fingerprint density at radius 2 is 1.93 bits per heavy atom. The average molecular weight is 396 g/mol. The molecule has 5 nitrogen and oxygen atoms in total. The summed E-state index contributed by atoms with van der Waals surface area (Å²) in [6, 6.07) is 5.92. The summed E-state index contributed by atoms with van der Waals surface area (Å²) in [5, 5.41) is 0.466. The Balaban J connectivity index is 1.97. The van der Waals surface area contributed by atoms with E-state index in [1.165, 1.54) is 12.1 Å². The first-order valence-corrected chi connectivity index (χ1v) is 9.76. The third-order valence-corrected chi connectivity index (χ3v) is 5.54. The molecule has 1 aromatic carbocycles. The van der Waals surface area contributed by atoms with E-state index in [0.29, 0.717) is 17.5 Å². The monoisotopic (exact) mass is 396 g/mol. The summed E-state index contributed by atoms with van der Waals surface area (Å²) in [6.45, 7) is 6.50. The highest BCUT2D eigenvalue weighted by molar-refractivity contribution is 5.83. The van der Waals surface area contributed by atoms with Gasteiger partial charge in [-0.1, -0.05) is 13.8 Å². The van der Waals surface area contributed by atoms with E-state index < -0.39 is 17.2 Å². The van der Waals surface area contributed by atoms with E-state index in [2.05, 4.69) is 23.8 Å². The number of hydrogen-bond donors (Lipinski definition) is 1. The van der Waals surface area contributed by atoms with Crippen molar-refractivity contribution in [1.29, 1.82) is 0 Å². The van der Waals surface area contributed by atoms with Gasteiger partial charge in [0.2, 0.25) is 5.56 Å². The van der Waals surface area contributed by atoms with Crippen molar-refractivity contribution in [3.8, 4) is 0 Å². The van der Waals surface area contributed by atoms with Crippen molar-refractivity contribution in [1.82, 2.24) is 19.5 Å². The number of nitrogens with zero attached hydrogens (tertiary/aromatic N) is 3. The molecule has 29 heavy (non-hydrogen) atoms. The van der Waals surface area contributed by atoms with Gasteiger partial charge in [0.05, 0.1) is 12.1 Å². The van der Waals surface area contributed by atoms with Crippen LogP contribution in [0.25, 0.3) is 22.1 Å². The lowest BCUT2D eigenvalue weighted by atomic mass is 10.0. The largest absolute Gasteiger partial charge is 0.319 e. The van der Waals surface area contributed by atoms with Crippen molar-refractivity contribution >= 4 is 22.1 Å². The zero-order valence-corrected chi connectivity index (χ0v) is 16.6. The number of rotatable bonds is 5. The highest BCUT2D eigenvalue weighted by Gasteiger charge is 2.21. The number of imidazole rings is 1. The molecule has 3 aromatic heterocycles. The van der Waals surface area contributed by atoms with Gasteiger partial charge >= 0.3 is 0 Å². The maximum atomic E-state index is 14.3. The van der Waals surface area contributed by atoms with Crippen molar-refractivity contribution in [2.75, 3.05) is 0 Å². The molecule has 0 saturated carbocycles. The Morgan fingerprint density at radius 3 is 2.66 bits per heavy atom. The van der Waals surface area contributed by atoms with Crippen LogP contribution in [-0.4, -0.2) is 19.5 Å². The minimum Gasteiger partial charge on any atom is -0.319 e. The number of pyridine rings is 2. The van der Waals surface area contributed by atoms with E-state index in [1.807, 2.05) is 17.6 Å². The topological polar surface area (TPSA) is 63.6 Å². The van der Waals surface area contributed by atoms with Crippen LogP contribution < -0.4 is 5.56 Å². The van der Waals surface area contributed by atoms with Gasteiger partial charge in [0.1, 0.15) is 11.3 Å². The van der Waals surface area contributed by atoms with Gasteiger partial charge in [-0.05, 0) is 49.1 Å². The summed E-state index contributed by atoms with van der Waals surface area (Å²) in [4.78, 5) is 24.0. The second-order valence-corrected chi connectivity index (χ2v) is 7.31. The number of halogens is 2. The number of H-pyrrole nitrogens is 1. The average Bonchev–Trinajstić information content (AvgIpc) is 3.06. The molecule has 0 saturated heterocycles. The lowest BCUT2D eigenvalue weighted by Crippen LogP contribution is -2.14. The van der Waals surface area contributed by atoms with Crippen molar-refractivity contribution in [2.24, 2.45) is 0 Å². The normalized spacial score (nSPS) is 11.8. The smallest absolute Gasteiger partial charge is 0.248 e. The van der Waals surface area contributed by atoms with Gasteiger partial charge in [0.15, 0.2) is 17.3 Å². The van der Waals surface area contributed by atoms with Crippen LogP contribution in [0.4, 0.5) is 8.78 Å². The molecule has 0 aliphatic carbocycles. The molecule has 0 spiro atoms. The molecular weight excluding hydrogens is 374 g/mol. The summed E-state index contributed by atoms with van der Waals surface area (Å²) in [5.74, 6) is -0.923. The van der Waals surface area contributed by atoms with E-state index in [1.54, 1.807) is 6.20 Å². The van der Waals surface area contributed by atoms with E-state index in [-0.39, 0.29) is 11.4 Å². The standard InChI is InChI=1S/C22H22F2N4O/c1-4-13(5-2)21-27-19-12(3)8-9-25-22(19)28(21)11-14-10-17(29)26-20-15(14)6-7-16(23)18(20)24/h6-10,13H,4-5,11H2,1-3H3,(H,26,29). The molecule has 7 heteroatoms. The molecule has 0 bridgehead atoms. The van der Waals surface area contributed by atoms with E-state index in [0.717, 1.165) is 41.5 Å². The second kappa shape index (κ2) is 7.39. The van der Waals surface area contributed by atoms with Crippen LogP contribution in [0.2, 0.25) is 0 Å². The molecule has 0 aliphatic rings. The number of fused-ring (bicyclic) bond motifs is 2. The van der Waals surface area contributed by atoms with Crippen LogP contribution >= 0.6 is 0 Å². The maximum absolute atomic E-state index is 14.3. The molecule has 4 rings (SSSR count). The summed E-state index contributed by atoms with van der Waals surface area (Å²) >= 11 is 0. The van der Waals surface area contributed by atoms with Gasteiger partial charge in [-0.3, -0.25) is 4.79 Å². The maximum Gasteiger partial charge on any atom is 0.248 e. The molecule has 4 aromatic rings. The summed E-state index contributed by atoms with van der Waals surface area (Å²) in [6.07, 6.45) is 3.56. The first-order chi connectivity index (χ1) is 13.9. The van der Waals surface area contributed by atoms with E-state index >= 15 is 0 Å². The molecule has 150 valence electrons. The third-order valence-electron chi connectivity index (χ3n) is 5.54. The molecule has 0 fully saturated rings. The first-order valence-electron chi connectivity index (χ1n) is 9.76. The number of hydrogen-bond acceptors (Lipinski definition) is 3. The number of benzene rings is 1. The minimum atomic E-state index is -1.05. The van der Waals surface area contributed by atoms with Crippen LogP contribution in [0.3, 0.4) is 0 Å². The van der Waals surface area contributed by atoms with Gasteiger partial charge in [0.25, 0.3) is 0 Å². The fourth-order valence-corrected chi connectivity index (χ4v) is 3.91. The van der Waals surface area contributed by atoms with Crippen molar-refractivity contribution < 1.29 is 8.78 Å². The summed E-state index contributed by atoms with van der Waals surface area (Å²) in [7, 11) is 0. The SMILES string of the molecule is CCC(CC)c1nc2c(C)ccnc2n1Cc1cc(=O)[nH]c2c(F)c(F)ccc12. The number of nitrogens with one attached hydrogen (secondary N) is 1. The van der Waals surface area contributed by atoms with Crippen molar-refractivity contribution in [2.45, 2.75) is 46.1 Å². The van der Waals surface area contributed by atoms with E-state index in [4.69, 9.17) is 4.98 Å².